The smallest absolute Gasteiger partial charge is 0.317 e. The molecule has 1 fully saturated rings. The Morgan fingerprint density at radius 3 is 2.52 bits per heavy atom. The summed E-state index contributed by atoms with van der Waals surface area (Å²) in [6.07, 6.45) is 1.15. The second-order valence-electron chi connectivity index (χ2n) is 6.36. The average Bonchev–Trinajstić information content (AvgIpc) is 2.52. The number of carbonyl (C=O) groups excluding carboxylic acids is 1. The highest BCUT2D eigenvalue weighted by Crippen LogP contribution is 2.20. The van der Waals surface area contributed by atoms with Gasteiger partial charge in [-0.3, -0.25) is 0 Å². The molecule has 2 amide bonds. The van der Waals surface area contributed by atoms with Crippen molar-refractivity contribution in [3.63, 3.8) is 0 Å². The summed E-state index contributed by atoms with van der Waals surface area (Å²) in [7, 11) is -2.09. The number of sulfonamides is 1. The van der Waals surface area contributed by atoms with Gasteiger partial charge < -0.3 is 10.2 Å². The third-order valence-corrected chi connectivity index (χ3v) is 5.49. The summed E-state index contributed by atoms with van der Waals surface area (Å²) in [5.74, 6) is 1.02. The van der Waals surface area contributed by atoms with Crippen molar-refractivity contribution in [2.24, 2.45) is 11.8 Å². The molecule has 2 N–H and O–H groups in total. The summed E-state index contributed by atoms with van der Waals surface area (Å²) in [5, 5.41) is 2.88. The molecular formula is C16H25N3O3S. The van der Waals surface area contributed by atoms with Crippen molar-refractivity contribution in [1.29, 1.82) is 0 Å². The average molecular weight is 339 g/mol. The minimum atomic E-state index is -3.47. The summed E-state index contributed by atoms with van der Waals surface area (Å²) >= 11 is 0. The van der Waals surface area contributed by atoms with Crippen LogP contribution in [0, 0.1) is 11.8 Å². The van der Waals surface area contributed by atoms with E-state index in [1.165, 1.54) is 13.1 Å². The molecule has 23 heavy (non-hydrogen) atoms. The van der Waals surface area contributed by atoms with E-state index in [-0.39, 0.29) is 10.9 Å². The SMILES string of the molecule is CNS(=O)(=O)c1cccc(CNC(=O)N2C[C@H](C)C[C@@H](C)C2)c1. The monoisotopic (exact) mass is 339 g/mol. The topological polar surface area (TPSA) is 78.5 Å². The number of rotatable bonds is 4. The zero-order valence-corrected chi connectivity index (χ0v) is 14.7. The first-order chi connectivity index (χ1) is 10.8. The van der Waals surface area contributed by atoms with E-state index >= 15 is 0 Å². The number of amides is 2. The standard InChI is InChI=1S/C16H25N3O3S/c1-12-7-13(2)11-19(10-12)16(20)18-9-14-5-4-6-15(8-14)23(21,22)17-3/h4-6,8,12-13,17H,7,9-11H2,1-3H3,(H,18,20)/t12-,13-/m1/s1. The first-order valence-corrected chi connectivity index (χ1v) is 9.35. The summed E-state index contributed by atoms with van der Waals surface area (Å²) in [4.78, 5) is 14.3. The molecule has 128 valence electrons. The van der Waals surface area contributed by atoms with Gasteiger partial charge in [0, 0.05) is 19.6 Å². The van der Waals surface area contributed by atoms with Crippen LogP contribution in [0.15, 0.2) is 29.2 Å². The van der Waals surface area contributed by atoms with E-state index < -0.39 is 10.0 Å². The second kappa shape index (κ2) is 7.31. The molecule has 1 heterocycles. The molecule has 6 nitrogen and oxygen atoms in total. The van der Waals surface area contributed by atoms with E-state index in [4.69, 9.17) is 0 Å². The van der Waals surface area contributed by atoms with E-state index in [9.17, 15) is 13.2 Å². The molecule has 1 saturated heterocycles. The molecule has 2 rings (SSSR count). The maximum absolute atomic E-state index is 12.3. The Hall–Kier alpha value is -1.60. The Morgan fingerprint density at radius 1 is 1.26 bits per heavy atom. The molecule has 0 bridgehead atoms. The maximum atomic E-state index is 12.3. The van der Waals surface area contributed by atoms with Crippen LogP contribution in [-0.4, -0.2) is 39.5 Å². The second-order valence-corrected chi connectivity index (χ2v) is 8.25. The predicted octanol–water partition coefficient (Wildman–Crippen LogP) is 1.78. The van der Waals surface area contributed by atoms with Crippen molar-refractivity contribution in [1.82, 2.24) is 14.9 Å². The zero-order chi connectivity index (χ0) is 17.0. The van der Waals surface area contributed by atoms with Gasteiger partial charge in [0.1, 0.15) is 0 Å². The number of likely N-dealkylation sites (tertiary alicyclic amines) is 1. The van der Waals surface area contributed by atoms with E-state index in [1.807, 2.05) is 4.90 Å². The number of nitrogens with one attached hydrogen (secondary N) is 2. The van der Waals surface area contributed by atoms with Crippen LogP contribution < -0.4 is 10.0 Å². The van der Waals surface area contributed by atoms with Crippen molar-refractivity contribution < 1.29 is 13.2 Å². The number of benzene rings is 1. The number of carbonyl (C=O) groups is 1. The third-order valence-electron chi connectivity index (χ3n) is 4.08. The van der Waals surface area contributed by atoms with E-state index in [0.717, 1.165) is 25.1 Å². The Balaban J connectivity index is 1.98. The Morgan fingerprint density at radius 2 is 1.91 bits per heavy atom. The quantitative estimate of drug-likeness (QED) is 0.878. The van der Waals surface area contributed by atoms with Gasteiger partial charge in [0.05, 0.1) is 4.90 Å². The van der Waals surface area contributed by atoms with Crippen LogP contribution in [0.1, 0.15) is 25.8 Å². The zero-order valence-electron chi connectivity index (χ0n) is 13.9. The molecule has 0 radical (unpaired) electrons. The predicted molar refractivity (Wildman–Crippen MR) is 89.4 cm³/mol. The van der Waals surface area contributed by atoms with Gasteiger partial charge in [0.2, 0.25) is 10.0 Å². The Labute approximate surface area is 138 Å². The minimum absolute atomic E-state index is 0.0923. The van der Waals surface area contributed by atoms with Crippen molar-refractivity contribution in [3.8, 4) is 0 Å². The summed E-state index contributed by atoms with van der Waals surface area (Å²) < 4.78 is 25.9. The summed E-state index contributed by atoms with van der Waals surface area (Å²) in [6, 6.07) is 6.50. The van der Waals surface area contributed by atoms with Gasteiger partial charge in [0.25, 0.3) is 0 Å². The molecular weight excluding hydrogens is 314 g/mol. The van der Waals surface area contributed by atoms with Gasteiger partial charge >= 0.3 is 6.03 Å². The Kier molecular flexibility index (Phi) is 5.64. The molecule has 0 unspecified atom stereocenters. The lowest BCUT2D eigenvalue weighted by Crippen LogP contribution is -2.47. The minimum Gasteiger partial charge on any atom is -0.334 e. The number of hydrogen-bond donors (Lipinski definition) is 2. The first kappa shape index (κ1) is 17.7. The summed E-state index contributed by atoms with van der Waals surface area (Å²) in [6.45, 7) is 6.16. The number of hydrogen-bond acceptors (Lipinski definition) is 3. The highest BCUT2D eigenvalue weighted by atomic mass is 32.2. The molecule has 0 aliphatic carbocycles. The molecule has 1 aliphatic rings. The van der Waals surface area contributed by atoms with Gasteiger partial charge in [-0.15, -0.1) is 0 Å². The van der Waals surface area contributed by atoms with Crippen LogP contribution in [0.25, 0.3) is 0 Å². The van der Waals surface area contributed by atoms with Gasteiger partial charge in [0.15, 0.2) is 0 Å². The largest absolute Gasteiger partial charge is 0.334 e. The third kappa shape index (κ3) is 4.68. The molecule has 1 aromatic rings. The number of nitrogens with zero attached hydrogens (tertiary/aromatic N) is 1. The lowest BCUT2D eigenvalue weighted by atomic mass is 9.92. The van der Waals surface area contributed by atoms with Gasteiger partial charge in [-0.25, -0.2) is 17.9 Å². The Bertz CT molecular complexity index is 650. The van der Waals surface area contributed by atoms with Gasteiger partial charge in [-0.1, -0.05) is 26.0 Å². The van der Waals surface area contributed by atoms with Gasteiger partial charge in [-0.2, -0.15) is 0 Å². The summed E-state index contributed by atoms with van der Waals surface area (Å²) in [5.41, 5.74) is 0.757. The van der Waals surface area contributed by atoms with E-state index in [1.54, 1.807) is 18.2 Å². The van der Waals surface area contributed by atoms with Crippen molar-refractivity contribution in [2.45, 2.75) is 31.7 Å². The number of urea groups is 1. The van der Waals surface area contributed by atoms with E-state index in [0.29, 0.717) is 18.4 Å². The van der Waals surface area contributed by atoms with Crippen LogP contribution in [0.2, 0.25) is 0 Å². The fraction of sp³-hybridized carbons (Fsp3) is 0.562. The lowest BCUT2D eigenvalue weighted by Gasteiger charge is -2.34. The molecule has 2 atom stereocenters. The molecule has 1 aliphatic heterocycles. The lowest BCUT2D eigenvalue weighted by molar-refractivity contribution is 0.146. The highest BCUT2D eigenvalue weighted by Gasteiger charge is 2.25. The van der Waals surface area contributed by atoms with Crippen molar-refractivity contribution >= 4 is 16.1 Å². The highest BCUT2D eigenvalue weighted by molar-refractivity contribution is 7.89. The van der Waals surface area contributed by atoms with Crippen LogP contribution >= 0.6 is 0 Å². The fourth-order valence-electron chi connectivity index (χ4n) is 3.06. The molecule has 0 saturated carbocycles. The molecule has 0 spiro atoms. The normalized spacial score (nSPS) is 22.0. The van der Waals surface area contributed by atoms with Crippen molar-refractivity contribution in [3.05, 3.63) is 29.8 Å². The van der Waals surface area contributed by atoms with Crippen LogP contribution in [-0.2, 0) is 16.6 Å². The van der Waals surface area contributed by atoms with Crippen LogP contribution in [0.3, 0.4) is 0 Å². The molecule has 7 heteroatoms. The molecule has 1 aromatic carbocycles. The fourth-order valence-corrected chi connectivity index (χ4v) is 3.86. The van der Waals surface area contributed by atoms with Gasteiger partial charge in [-0.05, 0) is 43.0 Å². The number of piperidine rings is 1. The first-order valence-electron chi connectivity index (χ1n) is 7.87. The maximum Gasteiger partial charge on any atom is 0.317 e. The molecule has 0 aromatic heterocycles. The van der Waals surface area contributed by atoms with Crippen LogP contribution in [0.5, 0.6) is 0 Å². The van der Waals surface area contributed by atoms with Crippen LogP contribution in [0.4, 0.5) is 4.79 Å². The van der Waals surface area contributed by atoms with E-state index in [2.05, 4.69) is 23.9 Å². The van der Waals surface area contributed by atoms with Crippen molar-refractivity contribution in [2.75, 3.05) is 20.1 Å².